The lowest BCUT2D eigenvalue weighted by Gasteiger charge is -2.18. The quantitative estimate of drug-likeness (QED) is 0.675. The van der Waals surface area contributed by atoms with Crippen molar-refractivity contribution in [1.29, 1.82) is 5.26 Å². The maximum absolute atomic E-state index is 15.3. The summed E-state index contributed by atoms with van der Waals surface area (Å²) < 4.78 is 32.4. The number of halogens is 2. The van der Waals surface area contributed by atoms with Crippen LogP contribution in [0.5, 0.6) is 0 Å². The van der Waals surface area contributed by atoms with Crippen molar-refractivity contribution in [2.24, 2.45) is 0 Å². The van der Waals surface area contributed by atoms with E-state index in [1.165, 1.54) is 17.8 Å². The molecule has 1 aliphatic heterocycles. The van der Waals surface area contributed by atoms with Crippen molar-refractivity contribution < 1.29 is 28.2 Å². The van der Waals surface area contributed by atoms with Crippen LogP contribution in [-0.4, -0.2) is 51.5 Å². The minimum atomic E-state index is -1.83. The molecule has 1 saturated heterocycles. The fourth-order valence-corrected chi connectivity index (χ4v) is 3.69. The van der Waals surface area contributed by atoms with Gasteiger partial charge in [0.1, 0.15) is 41.2 Å². The van der Waals surface area contributed by atoms with Crippen LogP contribution in [0.2, 0.25) is 0 Å². The molecule has 3 rings (SSSR count). The van der Waals surface area contributed by atoms with E-state index < -0.39 is 36.5 Å². The number of alkyl halides is 1. The number of ether oxygens (including phenoxy) is 3. The number of carbonyl (C=O) groups excluding carboxylic acids is 2. The first-order chi connectivity index (χ1) is 13.3. The van der Waals surface area contributed by atoms with Crippen molar-refractivity contribution in [2.75, 3.05) is 12.3 Å². The zero-order chi connectivity index (χ0) is 20.6. The van der Waals surface area contributed by atoms with Gasteiger partial charge in [0.05, 0.1) is 10.9 Å². The van der Waals surface area contributed by atoms with Crippen LogP contribution in [0.15, 0.2) is 10.9 Å². The molecule has 0 spiro atoms. The zero-order valence-corrected chi connectivity index (χ0v) is 16.3. The molecule has 0 saturated carbocycles. The SMILES string of the molecule is CC(=O)OC[C@H]1O[C@H](n2c(Br)c(C#N)c3c(N)ncnc32)[C@@H](F)[C@@H]1OC(C)=O. The summed E-state index contributed by atoms with van der Waals surface area (Å²) in [7, 11) is 0. The first-order valence-electron chi connectivity index (χ1n) is 8.06. The van der Waals surface area contributed by atoms with Gasteiger partial charge in [-0.1, -0.05) is 0 Å². The summed E-state index contributed by atoms with van der Waals surface area (Å²) in [5.74, 6) is -1.27. The molecule has 0 aromatic carbocycles. The Kier molecular flexibility index (Phi) is 5.48. The maximum Gasteiger partial charge on any atom is 0.303 e. The molecule has 10 nitrogen and oxygen atoms in total. The molecule has 0 amide bonds. The summed E-state index contributed by atoms with van der Waals surface area (Å²) in [6.45, 7) is 2.00. The lowest BCUT2D eigenvalue weighted by Crippen LogP contribution is -2.36. The minimum absolute atomic E-state index is 0.0439. The number of hydrogen-bond donors (Lipinski definition) is 1. The topological polar surface area (TPSA) is 142 Å². The molecule has 2 aromatic rings. The third-order valence-corrected chi connectivity index (χ3v) is 4.92. The van der Waals surface area contributed by atoms with Crippen molar-refractivity contribution in [2.45, 2.75) is 38.5 Å². The summed E-state index contributed by atoms with van der Waals surface area (Å²) in [5, 5.41) is 9.70. The summed E-state index contributed by atoms with van der Waals surface area (Å²) in [4.78, 5) is 30.5. The van der Waals surface area contributed by atoms with Crippen LogP contribution in [0.3, 0.4) is 0 Å². The summed E-state index contributed by atoms with van der Waals surface area (Å²) >= 11 is 3.26. The zero-order valence-electron chi connectivity index (χ0n) is 14.8. The number of anilines is 1. The van der Waals surface area contributed by atoms with Gasteiger partial charge in [-0.2, -0.15) is 5.26 Å². The monoisotopic (exact) mass is 455 g/mol. The minimum Gasteiger partial charge on any atom is -0.463 e. The highest BCUT2D eigenvalue weighted by atomic mass is 79.9. The molecule has 12 heteroatoms. The van der Waals surface area contributed by atoms with E-state index in [9.17, 15) is 14.9 Å². The smallest absolute Gasteiger partial charge is 0.303 e. The van der Waals surface area contributed by atoms with Gasteiger partial charge in [0.15, 0.2) is 18.5 Å². The van der Waals surface area contributed by atoms with Gasteiger partial charge in [-0.3, -0.25) is 14.2 Å². The molecule has 0 bridgehead atoms. The average molecular weight is 456 g/mol. The molecule has 1 aliphatic rings. The summed E-state index contributed by atoms with van der Waals surface area (Å²) in [6.07, 6.45) is -4.36. The number of nitriles is 1. The average Bonchev–Trinajstić information content (AvgIpc) is 3.07. The molecule has 28 heavy (non-hydrogen) atoms. The van der Waals surface area contributed by atoms with Gasteiger partial charge in [0, 0.05) is 13.8 Å². The second kappa shape index (κ2) is 7.69. The fraction of sp³-hybridized carbons (Fsp3) is 0.438. The predicted molar refractivity (Wildman–Crippen MR) is 95.3 cm³/mol. The Morgan fingerprint density at radius 2 is 2.14 bits per heavy atom. The highest BCUT2D eigenvalue weighted by Crippen LogP contribution is 2.41. The van der Waals surface area contributed by atoms with Crippen LogP contribution in [-0.2, 0) is 23.8 Å². The predicted octanol–water partition coefficient (Wildman–Crippen LogP) is 1.38. The third-order valence-electron chi connectivity index (χ3n) is 4.14. The number of carbonyl (C=O) groups is 2. The normalized spacial score (nSPS) is 24.1. The van der Waals surface area contributed by atoms with Crippen molar-refractivity contribution in [1.82, 2.24) is 14.5 Å². The van der Waals surface area contributed by atoms with Crippen LogP contribution in [0, 0.1) is 11.3 Å². The van der Waals surface area contributed by atoms with Gasteiger partial charge >= 0.3 is 11.9 Å². The molecular weight excluding hydrogens is 441 g/mol. The van der Waals surface area contributed by atoms with E-state index >= 15 is 4.39 Å². The molecule has 2 aromatic heterocycles. The van der Waals surface area contributed by atoms with Crippen molar-refractivity contribution in [3.05, 3.63) is 16.5 Å². The Bertz CT molecular complexity index is 990. The number of nitrogens with two attached hydrogens (primary N) is 1. The molecule has 148 valence electrons. The van der Waals surface area contributed by atoms with Gasteiger partial charge in [-0.25, -0.2) is 14.4 Å². The summed E-state index contributed by atoms with van der Waals surface area (Å²) in [5.41, 5.74) is 6.12. The second-order valence-corrected chi connectivity index (χ2v) is 6.74. The first-order valence-corrected chi connectivity index (χ1v) is 8.85. The molecule has 0 radical (unpaired) electrons. The highest BCUT2D eigenvalue weighted by molar-refractivity contribution is 9.10. The standard InChI is InChI=1S/C16H15BrFN5O5/c1-6(24)26-4-9-12(27-7(2)25)11(18)16(28-9)23-13(17)8(3-19)10-14(20)21-5-22-15(10)23/h5,9,11-12,16H,4H2,1-2H3,(H2,20,21,22)/t9-,11+,12-,16+/m1/s1. The number of aromatic nitrogens is 3. The Morgan fingerprint density at radius 1 is 1.43 bits per heavy atom. The van der Waals surface area contributed by atoms with Crippen LogP contribution in [0.25, 0.3) is 11.0 Å². The van der Waals surface area contributed by atoms with E-state index in [1.54, 1.807) is 0 Å². The lowest BCUT2D eigenvalue weighted by molar-refractivity contribution is -0.156. The van der Waals surface area contributed by atoms with Crippen molar-refractivity contribution in [3.63, 3.8) is 0 Å². The van der Waals surface area contributed by atoms with Gasteiger partial charge < -0.3 is 19.9 Å². The van der Waals surface area contributed by atoms with Gasteiger partial charge in [0.25, 0.3) is 0 Å². The number of rotatable bonds is 4. The van der Waals surface area contributed by atoms with Crippen LogP contribution < -0.4 is 5.73 Å². The van der Waals surface area contributed by atoms with Crippen LogP contribution in [0.1, 0.15) is 25.6 Å². The van der Waals surface area contributed by atoms with Crippen molar-refractivity contribution in [3.8, 4) is 6.07 Å². The molecule has 2 N–H and O–H groups in total. The fourth-order valence-electron chi connectivity index (χ4n) is 3.03. The van der Waals surface area contributed by atoms with E-state index in [0.717, 1.165) is 6.92 Å². The van der Waals surface area contributed by atoms with E-state index in [1.807, 2.05) is 6.07 Å². The van der Waals surface area contributed by atoms with Gasteiger partial charge in [0.2, 0.25) is 0 Å². The molecule has 1 fully saturated rings. The van der Waals surface area contributed by atoms with Crippen LogP contribution >= 0.6 is 15.9 Å². The molecular formula is C16H15BrFN5O5. The number of esters is 2. The van der Waals surface area contributed by atoms with E-state index in [2.05, 4.69) is 25.9 Å². The van der Waals surface area contributed by atoms with Crippen LogP contribution in [0.4, 0.5) is 10.2 Å². The third kappa shape index (κ3) is 3.38. The number of hydrogen-bond acceptors (Lipinski definition) is 9. The Labute approximate surface area is 166 Å². The van der Waals surface area contributed by atoms with E-state index in [4.69, 9.17) is 19.9 Å². The Hall–Kier alpha value is -2.78. The second-order valence-electron chi connectivity index (χ2n) is 5.99. The van der Waals surface area contributed by atoms with Gasteiger partial charge in [-0.15, -0.1) is 0 Å². The molecule has 0 unspecified atom stereocenters. The Morgan fingerprint density at radius 3 is 2.75 bits per heavy atom. The first kappa shape index (κ1) is 20.0. The van der Waals surface area contributed by atoms with Gasteiger partial charge in [-0.05, 0) is 15.9 Å². The molecule has 4 atom stereocenters. The van der Waals surface area contributed by atoms with Crippen molar-refractivity contribution >= 4 is 44.7 Å². The summed E-state index contributed by atoms with van der Waals surface area (Å²) in [6, 6.07) is 1.97. The number of fused-ring (bicyclic) bond motifs is 1. The molecule has 0 aliphatic carbocycles. The highest BCUT2D eigenvalue weighted by Gasteiger charge is 2.50. The molecule has 3 heterocycles. The Balaban J connectivity index is 2.07. The van der Waals surface area contributed by atoms with E-state index in [0.29, 0.717) is 0 Å². The van der Waals surface area contributed by atoms with E-state index in [-0.39, 0.29) is 33.6 Å². The number of nitrogen functional groups attached to an aromatic ring is 1. The number of nitrogens with zero attached hydrogens (tertiary/aromatic N) is 4. The largest absolute Gasteiger partial charge is 0.463 e. The maximum atomic E-state index is 15.3. The lowest BCUT2D eigenvalue weighted by atomic mass is 10.1.